The number of ether oxygens (including phenoxy) is 1. The third-order valence-electron chi connectivity index (χ3n) is 2.65. The van der Waals surface area contributed by atoms with Gasteiger partial charge in [0.15, 0.2) is 11.5 Å². The average molecular weight is 253 g/mol. The van der Waals surface area contributed by atoms with E-state index in [0.717, 1.165) is 0 Å². The van der Waals surface area contributed by atoms with E-state index in [2.05, 4.69) is 5.32 Å². The molecule has 0 aliphatic heterocycles. The van der Waals surface area contributed by atoms with Crippen LogP contribution in [0.25, 0.3) is 0 Å². The van der Waals surface area contributed by atoms with Crippen LogP contribution in [-0.4, -0.2) is 35.4 Å². The first-order chi connectivity index (χ1) is 8.41. The number of aliphatic hydroxyl groups is 1. The molecular formula is C13H19NO4. The number of hydrogen-bond donors (Lipinski definition) is 3. The number of methoxy groups -OCH3 is 1. The van der Waals surface area contributed by atoms with E-state index in [9.17, 15) is 9.90 Å². The number of para-hydroxylation sites is 1. The van der Waals surface area contributed by atoms with E-state index in [0.29, 0.717) is 6.42 Å². The molecular weight excluding hydrogens is 234 g/mol. The van der Waals surface area contributed by atoms with Crippen LogP contribution in [0.2, 0.25) is 0 Å². The van der Waals surface area contributed by atoms with E-state index in [1.54, 1.807) is 26.0 Å². The lowest BCUT2D eigenvalue weighted by Crippen LogP contribution is -2.44. The molecule has 0 fully saturated rings. The molecule has 0 saturated heterocycles. The van der Waals surface area contributed by atoms with Gasteiger partial charge in [-0.05, 0) is 32.4 Å². The summed E-state index contributed by atoms with van der Waals surface area (Å²) in [5.74, 6) is -0.329. The molecule has 1 amide bonds. The lowest BCUT2D eigenvalue weighted by Gasteiger charge is -2.25. The van der Waals surface area contributed by atoms with Gasteiger partial charge in [0, 0.05) is 12.1 Å². The van der Waals surface area contributed by atoms with Gasteiger partial charge in [-0.15, -0.1) is 0 Å². The molecule has 0 saturated carbocycles. The first kappa shape index (κ1) is 14.3. The monoisotopic (exact) mass is 253 g/mol. The van der Waals surface area contributed by atoms with Crippen LogP contribution in [0.3, 0.4) is 0 Å². The van der Waals surface area contributed by atoms with Gasteiger partial charge in [-0.3, -0.25) is 4.79 Å². The normalized spacial score (nSPS) is 11.1. The van der Waals surface area contributed by atoms with Gasteiger partial charge in [0.2, 0.25) is 0 Å². The highest BCUT2D eigenvalue weighted by Gasteiger charge is 2.23. The van der Waals surface area contributed by atoms with Crippen molar-refractivity contribution in [1.29, 1.82) is 0 Å². The van der Waals surface area contributed by atoms with Crippen molar-refractivity contribution < 1.29 is 19.7 Å². The lowest BCUT2D eigenvalue weighted by atomic mass is 10.0. The second-order valence-electron chi connectivity index (χ2n) is 4.67. The minimum absolute atomic E-state index is 0.0165. The molecule has 0 aliphatic rings. The predicted octanol–water partition coefficient (Wildman–Crippen LogP) is 1.29. The Bertz CT molecular complexity index is 429. The van der Waals surface area contributed by atoms with Crippen molar-refractivity contribution in [3.05, 3.63) is 23.8 Å². The summed E-state index contributed by atoms with van der Waals surface area (Å²) in [5.41, 5.74) is -0.387. The number of amides is 1. The Kier molecular flexibility index (Phi) is 4.55. The van der Waals surface area contributed by atoms with Gasteiger partial charge in [-0.1, -0.05) is 6.07 Å². The number of phenolic OH excluding ortho intramolecular Hbond substituents is 1. The zero-order valence-electron chi connectivity index (χ0n) is 10.9. The molecule has 1 rings (SSSR count). The van der Waals surface area contributed by atoms with E-state index < -0.39 is 11.4 Å². The highest BCUT2D eigenvalue weighted by molar-refractivity contribution is 5.98. The second-order valence-corrected chi connectivity index (χ2v) is 4.67. The summed E-state index contributed by atoms with van der Waals surface area (Å²) in [4.78, 5) is 12.0. The van der Waals surface area contributed by atoms with Gasteiger partial charge in [-0.2, -0.15) is 0 Å². The first-order valence-electron chi connectivity index (χ1n) is 5.70. The van der Waals surface area contributed by atoms with Crippen LogP contribution < -0.4 is 10.1 Å². The SMILES string of the molecule is COc1cccc(C(=O)NC(C)(C)CCO)c1O. The number of hydrogen-bond acceptors (Lipinski definition) is 4. The molecule has 18 heavy (non-hydrogen) atoms. The zero-order chi connectivity index (χ0) is 13.8. The quantitative estimate of drug-likeness (QED) is 0.739. The van der Waals surface area contributed by atoms with Gasteiger partial charge < -0.3 is 20.3 Å². The minimum Gasteiger partial charge on any atom is -0.504 e. The molecule has 0 radical (unpaired) electrons. The van der Waals surface area contributed by atoms with Crippen molar-refractivity contribution in [3.63, 3.8) is 0 Å². The summed E-state index contributed by atoms with van der Waals surface area (Å²) in [6.07, 6.45) is 0.434. The summed E-state index contributed by atoms with van der Waals surface area (Å²) < 4.78 is 4.94. The van der Waals surface area contributed by atoms with Crippen LogP contribution in [0, 0.1) is 0 Å². The second kappa shape index (κ2) is 5.73. The van der Waals surface area contributed by atoms with E-state index in [1.165, 1.54) is 13.2 Å². The van der Waals surface area contributed by atoms with Gasteiger partial charge in [0.1, 0.15) is 0 Å². The number of aliphatic hydroxyl groups excluding tert-OH is 1. The number of aromatic hydroxyl groups is 1. The van der Waals surface area contributed by atoms with E-state index in [-0.39, 0.29) is 23.7 Å². The van der Waals surface area contributed by atoms with Crippen LogP contribution in [-0.2, 0) is 0 Å². The molecule has 0 atom stereocenters. The number of carbonyl (C=O) groups is 1. The largest absolute Gasteiger partial charge is 0.504 e. The van der Waals surface area contributed by atoms with E-state index in [1.807, 2.05) is 0 Å². The fourth-order valence-electron chi connectivity index (χ4n) is 1.59. The Morgan fingerprint density at radius 2 is 2.11 bits per heavy atom. The Morgan fingerprint density at radius 3 is 2.67 bits per heavy atom. The molecule has 5 nitrogen and oxygen atoms in total. The molecule has 5 heteroatoms. The van der Waals surface area contributed by atoms with Crippen molar-refractivity contribution >= 4 is 5.91 Å². The molecule has 0 unspecified atom stereocenters. The Hall–Kier alpha value is -1.75. The summed E-state index contributed by atoms with van der Waals surface area (Å²) >= 11 is 0. The maximum atomic E-state index is 12.0. The summed E-state index contributed by atoms with van der Waals surface area (Å²) in [6, 6.07) is 4.72. The average Bonchev–Trinajstić information content (AvgIpc) is 2.28. The van der Waals surface area contributed by atoms with E-state index >= 15 is 0 Å². The van der Waals surface area contributed by atoms with Crippen molar-refractivity contribution in [1.82, 2.24) is 5.32 Å². The fraction of sp³-hybridized carbons (Fsp3) is 0.462. The number of phenols is 1. The molecule has 0 bridgehead atoms. The Balaban J connectivity index is 2.91. The number of carbonyl (C=O) groups excluding carboxylic acids is 1. The molecule has 100 valence electrons. The summed E-state index contributed by atoms with van der Waals surface area (Å²) in [6.45, 7) is 3.59. The standard InChI is InChI=1S/C13H19NO4/c1-13(2,7-8-15)14-12(17)9-5-4-6-10(18-3)11(9)16/h4-6,15-16H,7-8H2,1-3H3,(H,14,17). The predicted molar refractivity (Wildman–Crippen MR) is 67.9 cm³/mol. The Morgan fingerprint density at radius 1 is 1.44 bits per heavy atom. The van der Waals surface area contributed by atoms with Gasteiger partial charge in [-0.25, -0.2) is 0 Å². The van der Waals surface area contributed by atoms with Crippen molar-refractivity contribution in [2.45, 2.75) is 25.8 Å². The highest BCUT2D eigenvalue weighted by Crippen LogP contribution is 2.29. The van der Waals surface area contributed by atoms with Crippen LogP contribution in [0.1, 0.15) is 30.6 Å². The Labute approximate surface area is 106 Å². The molecule has 0 heterocycles. The minimum atomic E-state index is -0.540. The van der Waals surface area contributed by atoms with Crippen LogP contribution in [0.5, 0.6) is 11.5 Å². The lowest BCUT2D eigenvalue weighted by molar-refractivity contribution is 0.0896. The highest BCUT2D eigenvalue weighted by atomic mass is 16.5. The van der Waals surface area contributed by atoms with Crippen LogP contribution in [0.4, 0.5) is 0 Å². The maximum Gasteiger partial charge on any atom is 0.255 e. The first-order valence-corrected chi connectivity index (χ1v) is 5.70. The maximum absolute atomic E-state index is 12.0. The summed E-state index contributed by atoms with van der Waals surface area (Å²) in [7, 11) is 1.42. The van der Waals surface area contributed by atoms with Crippen LogP contribution >= 0.6 is 0 Å². The van der Waals surface area contributed by atoms with Gasteiger partial charge in [0.05, 0.1) is 12.7 Å². The van der Waals surface area contributed by atoms with Gasteiger partial charge in [0.25, 0.3) is 5.91 Å². The number of benzene rings is 1. The van der Waals surface area contributed by atoms with Crippen LogP contribution in [0.15, 0.2) is 18.2 Å². The third-order valence-corrected chi connectivity index (χ3v) is 2.65. The third kappa shape index (κ3) is 3.37. The molecule has 0 spiro atoms. The topological polar surface area (TPSA) is 78.8 Å². The number of nitrogens with one attached hydrogen (secondary N) is 1. The van der Waals surface area contributed by atoms with E-state index in [4.69, 9.17) is 9.84 Å². The molecule has 1 aromatic carbocycles. The molecule has 0 aliphatic carbocycles. The van der Waals surface area contributed by atoms with Gasteiger partial charge >= 0.3 is 0 Å². The molecule has 0 aromatic heterocycles. The fourth-order valence-corrected chi connectivity index (χ4v) is 1.59. The molecule has 3 N–H and O–H groups in total. The van der Waals surface area contributed by atoms with Crippen molar-refractivity contribution in [2.24, 2.45) is 0 Å². The summed E-state index contributed by atoms with van der Waals surface area (Å²) in [5, 5.41) is 21.5. The molecule has 1 aromatic rings. The smallest absolute Gasteiger partial charge is 0.255 e. The number of rotatable bonds is 5. The van der Waals surface area contributed by atoms with Crippen molar-refractivity contribution in [3.8, 4) is 11.5 Å². The van der Waals surface area contributed by atoms with Crippen molar-refractivity contribution in [2.75, 3.05) is 13.7 Å². The zero-order valence-corrected chi connectivity index (χ0v) is 10.9.